The topological polar surface area (TPSA) is 78.4 Å². The fourth-order valence-electron chi connectivity index (χ4n) is 4.21. The van der Waals surface area contributed by atoms with Crippen molar-refractivity contribution in [1.82, 2.24) is 9.97 Å². The van der Waals surface area contributed by atoms with Gasteiger partial charge in [0.25, 0.3) is 0 Å². The largest absolute Gasteiger partial charge is 0.506 e. The van der Waals surface area contributed by atoms with E-state index in [1.54, 1.807) is 41.9 Å². The lowest BCUT2D eigenvalue weighted by Gasteiger charge is -2.32. The number of phenolic OH excluding ortho intramolecular Hbond substituents is 1. The van der Waals surface area contributed by atoms with Crippen LogP contribution in [0.1, 0.15) is 18.4 Å². The third-order valence-electron chi connectivity index (χ3n) is 6.04. The van der Waals surface area contributed by atoms with Gasteiger partial charge in [-0.05, 0) is 37.5 Å². The van der Waals surface area contributed by atoms with Gasteiger partial charge in [0.2, 0.25) is 5.91 Å². The average Bonchev–Trinajstić information content (AvgIpc) is 3.25. The van der Waals surface area contributed by atoms with Crippen molar-refractivity contribution in [2.24, 2.45) is 5.92 Å². The standard InChI is InChI=1S/C25H24N4O2S/c1-16-6-8-17(9-7-16)19-14-32-25-22(19)23(26-15-27-25)29-12-10-18(11-13-29)24(31)28-20-4-2-3-5-21(20)30/h2-9,14-15,18,30H,10-13H2,1H3,(H,28,31). The molecule has 32 heavy (non-hydrogen) atoms. The highest BCUT2D eigenvalue weighted by atomic mass is 32.1. The third-order valence-corrected chi connectivity index (χ3v) is 6.93. The van der Waals surface area contributed by atoms with Gasteiger partial charge in [0.05, 0.1) is 11.1 Å². The number of anilines is 2. The molecular weight excluding hydrogens is 420 g/mol. The number of hydrogen-bond donors (Lipinski definition) is 2. The molecule has 5 rings (SSSR count). The number of nitrogens with zero attached hydrogens (tertiary/aromatic N) is 3. The Balaban J connectivity index is 1.35. The number of hydrogen-bond acceptors (Lipinski definition) is 6. The maximum atomic E-state index is 12.7. The van der Waals surface area contributed by atoms with Crippen molar-refractivity contribution in [3.8, 4) is 16.9 Å². The summed E-state index contributed by atoms with van der Waals surface area (Å²) in [5.74, 6) is 0.881. The highest BCUT2D eigenvalue weighted by Gasteiger charge is 2.28. The predicted octanol–water partition coefficient (Wildman–Crippen LogP) is 5.23. The van der Waals surface area contributed by atoms with Crippen molar-refractivity contribution in [2.45, 2.75) is 19.8 Å². The van der Waals surface area contributed by atoms with Crippen LogP contribution in [0.3, 0.4) is 0 Å². The van der Waals surface area contributed by atoms with Crippen LogP contribution in [0.4, 0.5) is 11.5 Å². The molecule has 1 fully saturated rings. The first-order chi connectivity index (χ1) is 15.6. The number of benzene rings is 2. The van der Waals surface area contributed by atoms with Gasteiger partial charge < -0.3 is 15.3 Å². The summed E-state index contributed by atoms with van der Waals surface area (Å²) in [4.78, 5) is 25.1. The predicted molar refractivity (Wildman–Crippen MR) is 129 cm³/mol. The first-order valence-corrected chi connectivity index (χ1v) is 11.6. The molecule has 2 aromatic carbocycles. The van der Waals surface area contributed by atoms with Crippen molar-refractivity contribution < 1.29 is 9.90 Å². The van der Waals surface area contributed by atoms with Gasteiger partial charge in [-0.25, -0.2) is 9.97 Å². The summed E-state index contributed by atoms with van der Waals surface area (Å²) in [7, 11) is 0. The number of aromatic hydroxyl groups is 1. The summed E-state index contributed by atoms with van der Waals surface area (Å²) in [6.45, 7) is 3.58. The molecule has 0 aliphatic carbocycles. The Bertz CT molecular complexity index is 1260. The van der Waals surface area contributed by atoms with Gasteiger partial charge in [-0.15, -0.1) is 11.3 Å². The van der Waals surface area contributed by atoms with E-state index in [1.807, 2.05) is 0 Å². The van der Waals surface area contributed by atoms with Gasteiger partial charge >= 0.3 is 0 Å². The lowest BCUT2D eigenvalue weighted by Crippen LogP contribution is -2.38. The highest BCUT2D eigenvalue weighted by Crippen LogP contribution is 2.39. The van der Waals surface area contributed by atoms with Gasteiger partial charge in [0.1, 0.15) is 22.7 Å². The van der Waals surface area contributed by atoms with Crippen LogP contribution in [0, 0.1) is 12.8 Å². The molecule has 1 amide bonds. The number of carbonyl (C=O) groups is 1. The minimum Gasteiger partial charge on any atom is -0.506 e. The Kier molecular flexibility index (Phi) is 5.49. The second kappa shape index (κ2) is 8.59. The van der Waals surface area contributed by atoms with Crippen LogP contribution in [0.15, 0.2) is 60.2 Å². The average molecular weight is 445 g/mol. The SMILES string of the molecule is Cc1ccc(-c2csc3ncnc(N4CCC(C(=O)Nc5ccccc5O)CC4)c23)cc1. The third kappa shape index (κ3) is 3.91. The smallest absolute Gasteiger partial charge is 0.227 e. The van der Waals surface area contributed by atoms with E-state index in [-0.39, 0.29) is 17.6 Å². The summed E-state index contributed by atoms with van der Waals surface area (Å²) in [6.07, 6.45) is 3.09. The zero-order valence-corrected chi connectivity index (χ0v) is 18.6. The summed E-state index contributed by atoms with van der Waals surface area (Å²) in [6, 6.07) is 15.3. The number of aromatic nitrogens is 2. The number of piperidine rings is 1. The minimum atomic E-state index is -0.0952. The summed E-state index contributed by atoms with van der Waals surface area (Å²) in [5, 5.41) is 16.0. The Morgan fingerprint density at radius 3 is 2.59 bits per heavy atom. The van der Waals surface area contributed by atoms with E-state index in [0.29, 0.717) is 5.69 Å². The van der Waals surface area contributed by atoms with Crippen LogP contribution in [-0.2, 0) is 4.79 Å². The number of thiophene rings is 1. The fourth-order valence-corrected chi connectivity index (χ4v) is 5.12. The molecule has 0 unspecified atom stereocenters. The van der Waals surface area contributed by atoms with E-state index in [9.17, 15) is 9.90 Å². The van der Waals surface area contributed by atoms with Crippen LogP contribution < -0.4 is 10.2 Å². The van der Waals surface area contributed by atoms with E-state index in [1.165, 1.54) is 5.56 Å². The zero-order valence-electron chi connectivity index (χ0n) is 17.8. The number of carbonyl (C=O) groups excluding carboxylic acids is 1. The highest BCUT2D eigenvalue weighted by molar-refractivity contribution is 7.17. The number of phenols is 1. The molecule has 1 aliphatic heterocycles. The molecule has 2 N–H and O–H groups in total. The number of nitrogens with one attached hydrogen (secondary N) is 1. The van der Waals surface area contributed by atoms with Crippen LogP contribution >= 0.6 is 11.3 Å². The second-order valence-corrected chi connectivity index (χ2v) is 9.02. The maximum absolute atomic E-state index is 12.7. The van der Waals surface area contributed by atoms with Gasteiger partial charge in [0.15, 0.2) is 0 Å². The molecule has 0 spiro atoms. The van der Waals surface area contributed by atoms with Crippen LogP contribution in [0.2, 0.25) is 0 Å². The molecule has 1 aliphatic rings. The number of aryl methyl sites for hydroxylation is 1. The van der Waals surface area contributed by atoms with Crippen molar-refractivity contribution >= 4 is 39.0 Å². The van der Waals surface area contributed by atoms with Gasteiger partial charge in [-0.1, -0.05) is 42.0 Å². The molecule has 3 heterocycles. The zero-order chi connectivity index (χ0) is 22.1. The number of amides is 1. The Morgan fingerprint density at radius 2 is 1.84 bits per heavy atom. The van der Waals surface area contributed by atoms with E-state index in [0.717, 1.165) is 53.1 Å². The molecule has 0 bridgehead atoms. The molecule has 6 nitrogen and oxygen atoms in total. The first-order valence-electron chi connectivity index (χ1n) is 10.7. The molecule has 2 aromatic heterocycles. The quantitative estimate of drug-likeness (QED) is 0.422. The summed E-state index contributed by atoms with van der Waals surface area (Å²) in [5.41, 5.74) is 4.00. The monoisotopic (exact) mass is 444 g/mol. The van der Waals surface area contributed by atoms with Crippen molar-refractivity contribution in [3.63, 3.8) is 0 Å². The van der Waals surface area contributed by atoms with Crippen LogP contribution in [0.25, 0.3) is 21.3 Å². The molecule has 4 aromatic rings. The molecule has 162 valence electrons. The normalized spacial score (nSPS) is 14.6. The number of para-hydroxylation sites is 2. The minimum absolute atomic E-state index is 0.0464. The number of fused-ring (bicyclic) bond motifs is 1. The van der Waals surface area contributed by atoms with Crippen molar-refractivity contribution in [3.05, 3.63) is 65.8 Å². The molecule has 0 radical (unpaired) electrons. The lowest BCUT2D eigenvalue weighted by molar-refractivity contribution is -0.120. The van der Waals surface area contributed by atoms with Crippen molar-refractivity contribution in [1.29, 1.82) is 0 Å². The second-order valence-electron chi connectivity index (χ2n) is 8.16. The van der Waals surface area contributed by atoms with E-state index in [4.69, 9.17) is 0 Å². The lowest BCUT2D eigenvalue weighted by atomic mass is 9.95. The van der Waals surface area contributed by atoms with Crippen LogP contribution in [0.5, 0.6) is 5.75 Å². The number of rotatable bonds is 4. The van der Waals surface area contributed by atoms with Gasteiger partial charge in [-0.3, -0.25) is 4.79 Å². The molecular formula is C25H24N4O2S. The van der Waals surface area contributed by atoms with Crippen LogP contribution in [-0.4, -0.2) is 34.1 Å². The molecule has 1 saturated heterocycles. The van der Waals surface area contributed by atoms with E-state index >= 15 is 0 Å². The Hall–Kier alpha value is -3.45. The summed E-state index contributed by atoms with van der Waals surface area (Å²) < 4.78 is 0. The Morgan fingerprint density at radius 1 is 1.09 bits per heavy atom. The van der Waals surface area contributed by atoms with Gasteiger partial charge in [0, 0.05) is 30.0 Å². The van der Waals surface area contributed by atoms with Gasteiger partial charge in [-0.2, -0.15) is 0 Å². The molecule has 0 saturated carbocycles. The molecule has 0 atom stereocenters. The first kappa shape index (κ1) is 20.5. The summed E-state index contributed by atoms with van der Waals surface area (Å²) >= 11 is 1.63. The molecule has 7 heteroatoms. The maximum Gasteiger partial charge on any atom is 0.227 e. The van der Waals surface area contributed by atoms with Crippen molar-refractivity contribution in [2.75, 3.05) is 23.3 Å². The fraction of sp³-hybridized carbons (Fsp3) is 0.240. The Labute approximate surface area is 190 Å². The van der Waals surface area contributed by atoms with E-state index < -0.39 is 0 Å². The van der Waals surface area contributed by atoms with E-state index in [2.05, 4.69) is 56.8 Å².